The van der Waals surface area contributed by atoms with E-state index >= 15 is 0 Å². The SMILES string of the molecule is Oc1ccccc1C=NCc1ccccc1C[NH+]1CCCC1. The fourth-order valence-corrected chi connectivity index (χ4v) is 3.04. The van der Waals surface area contributed by atoms with Gasteiger partial charge in [-0.3, -0.25) is 4.99 Å². The van der Waals surface area contributed by atoms with Gasteiger partial charge in [-0.05, 0) is 17.7 Å². The van der Waals surface area contributed by atoms with Crippen LogP contribution >= 0.6 is 0 Å². The number of phenols is 1. The van der Waals surface area contributed by atoms with Gasteiger partial charge in [0, 0.05) is 30.2 Å². The highest BCUT2D eigenvalue weighted by Crippen LogP contribution is 2.14. The first-order chi connectivity index (χ1) is 10.8. The van der Waals surface area contributed by atoms with Gasteiger partial charge >= 0.3 is 0 Å². The van der Waals surface area contributed by atoms with Gasteiger partial charge in [-0.1, -0.05) is 36.4 Å². The molecule has 3 rings (SSSR count). The number of aliphatic imine (C=N–C) groups is 1. The molecule has 2 aromatic rings. The van der Waals surface area contributed by atoms with Crippen molar-refractivity contribution in [3.63, 3.8) is 0 Å². The largest absolute Gasteiger partial charge is 0.507 e. The van der Waals surface area contributed by atoms with Crippen molar-refractivity contribution in [2.45, 2.75) is 25.9 Å². The summed E-state index contributed by atoms with van der Waals surface area (Å²) in [6, 6.07) is 15.9. The number of quaternary nitrogens is 1. The van der Waals surface area contributed by atoms with E-state index in [4.69, 9.17) is 0 Å². The van der Waals surface area contributed by atoms with Gasteiger partial charge in [0.25, 0.3) is 0 Å². The Morgan fingerprint density at radius 3 is 2.41 bits per heavy atom. The molecular formula is C19H23N2O+. The number of nitrogens with zero attached hydrogens (tertiary/aromatic N) is 1. The van der Waals surface area contributed by atoms with Gasteiger partial charge < -0.3 is 10.0 Å². The van der Waals surface area contributed by atoms with Crippen LogP contribution in [0.25, 0.3) is 0 Å². The van der Waals surface area contributed by atoms with E-state index in [2.05, 4.69) is 29.3 Å². The van der Waals surface area contributed by atoms with E-state index in [0.29, 0.717) is 6.54 Å². The Balaban J connectivity index is 1.68. The van der Waals surface area contributed by atoms with Gasteiger partial charge in [-0.2, -0.15) is 0 Å². The molecule has 0 aliphatic carbocycles. The molecule has 0 spiro atoms. The average Bonchev–Trinajstić information content (AvgIpc) is 3.04. The Morgan fingerprint density at radius 2 is 1.64 bits per heavy atom. The van der Waals surface area contributed by atoms with E-state index in [1.54, 1.807) is 17.2 Å². The van der Waals surface area contributed by atoms with Crippen LogP contribution in [-0.4, -0.2) is 24.4 Å². The fourth-order valence-electron chi connectivity index (χ4n) is 3.04. The molecule has 0 unspecified atom stereocenters. The van der Waals surface area contributed by atoms with Crippen molar-refractivity contribution < 1.29 is 10.0 Å². The van der Waals surface area contributed by atoms with Gasteiger partial charge in [-0.25, -0.2) is 0 Å². The van der Waals surface area contributed by atoms with E-state index in [0.717, 1.165) is 12.1 Å². The minimum atomic E-state index is 0.279. The maximum atomic E-state index is 9.76. The van der Waals surface area contributed by atoms with Gasteiger partial charge in [0.05, 0.1) is 19.6 Å². The Morgan fingerprint density at radius 1 is 0.955 bits per heavy atom. The third-order valence-electron chi connectivity index (χ3n) is 4.30. The number of phenolic OH excluding ortho intramolecular Hbond substituents is 1. The van der Waals surface area contributed by atoms with Crippen molar-refractivity contribution in [2.24, 2.45) is 4.99 Å². The molecule has 3 nitrogen and oxygen atoms in total. The number of benzene rings is 2. The van der Waals surface area contributed by atoms with Crippen LogP contribution in [0.2, 0.25) is 0 Å². The van der Waals surface area contributed by atoms with Crippen molar-refractivity contribution in [1.29, 1.82) is 0 Å². The quantitative estimate of drug-likeness (QED) is 0.815. The first-order valence-electron chi connectivity index (χ1n) is 8.01. The van der Waals surface area contributed by atoms with E-state index in [1.165, 1.54) is 37.1 Å². The highest BCUT2D eigenvalue weighted by molar-refractivity contribution is 5.83. The smallest absolute Gasteiger partial charge is 0.124 e. The Bertz CT molecular complexity index is 645. The molecule has 1 heterocycles. The lowest BCUT2D eigenvalue weighted by atomic mass is 10.1. The van der Waals surface area contributed by atoms with Crippen LogP contribution < -0.4 is 4.90 Å². The van der Waals surface area contributed by atoms with Crippen LogP contribution in [0, 0.1) is 0 Å². The summed E-state index contributed by atoms with van der Waals surface area (Å²) in [7, 11) is 0. The highest BCUT2D eigenvalue weighted by Gasteiger charge is 2.16. The van der Waals surface area contributed by atoms with Gasteiger partial charge in [0.15, 0.2) is 0 Å². The summed E-state index contributed by atoms with van der Waals surface area (Å²) in [5.41, 5.74) is 3.45. The summed E-state index contributed by atoms with van der Waals surface area (Å²) < 4.78 is 0. The van der Waals surface area contributed by atoms with Crippen LogP contribution in [0.15, 0.2) is 53.5 Å². The van der Waals surface area contributed by atoms with Crippen molar-refractivity contribution in [3.8, 4) is 5.75 Å². The standard InChI is InChI=1S/C19H22N2O/c22-19-10-4-3-8-17(19)14-20-13-16-7-1-2-9-18(16)15-21-11-5-6-12-21/h1-4,7-10,14,22H,5-6,11-13,15H2/p+1. The number of nitrogens with one attached hydrogen (secondary N) is 1. The zero-order valence-electron chi connectivity index (χ0n) is 12.8. The van der Waals surface area contributed by atoms with Gasteiger partial charge in [-0.15, -0.1) is 0 Å². The van der Waals surface area contributed by atoms with Crippen molar-refractivity contribution in [1.82, 2.24) is 0 Å². The molecule has 1 aliphatic rings. The van der Waals surface area contributed by atoms with Crippen molar-refractivity contribution >= 4 is 6.21 Å². The van der Waals surface area contributed by atoms with E-state index < -0.39 is 0 Å². The lowest BCUT2D eigenvalue weighted by Crippen LogP contribution is -3.08. The highest BCUT2D eigenvalue weighted by atomic mass is 16.3. The molecular weight excluding hydrogens is 272 g/mol. The van der Waals surface area contributed by atoms with E-state index in [9.17, 15) is 5.11 Å². The molecule has 1 saturated heterocycles. The molecule has 1 aliphatic heterocycles. The molecule has 1 fully saturated rings. The summed E-state index contributed by atoms with van der Waals surface area (Å²) in [5.74, 6) is 0.279. The van der Waals surface area contributed by atoms with Crippen LogP contribution in [-0.2, 0) is 13.1 Å². The summed E-state index contributed by atoms with van der Waals surface area (Å²) in [5, 5.41) is 9.76. The minimum absolute atomic E-state index is 0.279. The van der Waals surface area contributed by atoms with E-state index in [-0.39, 0.29) is 5.75 Å². The molecule has 2 aromatic carbocycles. The zero-order chi connectivity index (χ0) is 15.2. The maximum Gasteiger partial charge on any atom is 0.124 e. The zero-order valence-corrected chi connectivity index (χ0v) is 12.8. The lowest BCUT2D eigenvalue weighted by Gasteiger charge is -2.14. The second-order valence-electron chi connectivity index (χ2n) is 5.93. The summed E-state index contributed by atoms with van der Waals surface area (Å²) in [6.45, 7) is 4.34. The maximum absolute atomic E-state index is 9.76. The van der Waals surface area contributed by atoms with Crippen LogP contribution in [0.3, 0.4) is 0 Å². The molecule has 0 amide bonds. The van der Waals surface area contributed by atoms with Gasteiger partial charge in [0.2, 0.25) is 0 Å². The van der Waals surface area contributed by atoms with Crippen LogP contribution in [0.5, 0.6) is 5.75 Å². The predicted octanol–water partition coefficient (Wildman–Crippen LogP) is 2.19. The number of hydrogen-bond donors (Lipinski definition) is 2. The molecule has 0 radical (unpaired) electrons. The number of hydrogen-bond acceptors (Lipinski definition) is 2. The second kappa shape index (κ2) is 7.23. The van der Waals surface area contributed by atoms with Crippen molar-refractivity contribution in [2.75, 3.05) is 13.1 Å². The normalized spacial score (nSPS) is 15.6. The second-order valence-corrected chi connectivity index (χ2v) is 5.93. The first-order valence-corrected chi connectivity index (χ1v) is 8.01. The molecule has 22 heavy (non-hydrogen) atoms. The first kappa shape index (κ1) is 14.8. The molecule has 0 aromatic heterocycles. The lowest BCUT2D eigenvalue weighted by molar-refractivity contribution is -0.901. The van der Waals surface area contributed by atoms with E-state index in [1.807, 2.05) is 18.2 Å². The topological polar surface area (TPSA) is 37.0 Å². The summed E-state index contributed by atoms with van der Waals surface area (Å²) >= 11 is 0. The van der Waals surface area contributed by atoms with Crippen LogP contribution in [0.4, 0.5) is 0 Å². The molecule has 0 saturated carbocycles. The third-order valence-corrected chi connectivity index (χ3v) is 4.30. The summed E-state index contributed by atoms with van der Waals surface area (Å²) in [4.78, 5) is 6.19. The molecule has 0 bridgehead atoms. The van der Waals surface area contributed by atoms with Crippen LogP contribution in [0.1, 0.15) is 29.5 Å². The number of rotatable bonds is 5. The minimum Gasteiger partial charge on any atom is -0.507 e. The molecule has 0 atom stereocenters. The molecule has 3 heteroatoms. The Kier molecular flexibility index (Phi) is 4.86. The monoisotopic (exact) mass is 295 g/mol. The summed E-state index contributed by atoms with van der Waals surface area (Å²) in [6.07, 6.45) is 4.46. The third kappa shape index (κ3) is 3.74. The van der Waals surface area contributed by atoms with Gasteiger partial charge in [0.1, 0.15) is 12.3 Å². The average molecular weight is 295 g/mol. The number of aromatic hydroxyl groups is 1. The Hall–Kier alpha value is -2.13. The molecule has 2 N–H and O–H groups in total. The predicted molar refractivity (Wildman–Crippen MR) is 89.5 cm³/mol. The fraction of sp³-hybridized carbons (Fsp3) is 0.316. The molecule has 114 valence electrons. The number of para-hydroxylation sites is 1. The van der Waals surface area contributed by atoms with Crippen molar-refractivity contribution in [3.05, 3.63) is 65.2 Å². The number of likely N-dealkylation sites (tertiary alicyclic amines) is 1. The Labute approximate surface area is 131 Å².